The molecule has 2 N–H and O–H groups in total. The molecule has 2 aromatic rings. The SMILES string of the molecule is O=C(CO)c1ccc(C(=O)N/N=C/c2ccc(N3CCCC3)cc2)cc1. The van der Waals surface area contributed by atoms with Gasteiger partial charge in [-0.1, -0.05) is 24.3 Å². The summed E-state index contributed by atoms with van der Waals surface area (Å²) >= 11 is 0. The predicted octanol–water partition coefficient (Wildman–Crippen LogP) is 2.23. The Labute approximate surface area is 152 Å². The molecule has 0 atom stereocenters. The number of amides is 1. The topological polar surface area (TPSA) is 82.0 Å². The Morgan fingerprint density at radius 2 is 1.62 bits per heavy atom. The summed E-state index contributed by atoms with van der Waals surface area (Å²) in [6.07, 6.45) is 4.07. The highest BCUT2D eigenvalue weighted by molar-refractivity contribution is 5.99. The molecule has 0 spiro atoms. The smallest absolute Gasteiger partial charge is 0.271 e. The minimum absolute atomic E-state index is 0.363. The molecule has 3 rings (SSSR count). The van der Waals surface area contributed by atoms with Gasteiger partial charge in [0.25, 0.3) is 5.91 Å². The maximum Gasteiger partial charge on any atom is 0.271 e. The average molecular weight is 351 g/mol. The number of hydrogen-bond donors (Lipinski definition) is 2. The molecule has 0 aliphatic carbocycles. The summed E-state index contributed by atoms with van der Waals surface area (Å²) in [5, 5.41) is 12.8. The predicted molar refractivity (Wildman–Crippen MR) is 101 cm³/mol. The summed E-state index contributed by atoms with van der Waals surface area (Å²) in [7, 11) is 0. The fraction of sp³-hybridized carbons (Fsp3) is 0.250. The number of aliphatic hydroxyl groups is 1. The highest BCUT2D eigenvalue weighted by Gasteiger charge is 2.11. The third-order valence-corrected chi connectivity index (χ3v) is 4.36. The number of nitrogens with zero attached hydrogens (tertiary/aromatic N) is 2. The number of carbonyl (C=O) groups excluding carboxylic acids is 2. The number of hydrogen-bond acceptors (Lipinski definition) is 5. The number of benzene rings is 2. The molecule has 6 heteroatoms. The van der Waals surface area contributed by atoms with Crippen molar-refractivity contribution < 1.29 is 14.7 Å². The lowest BCUT2D eigenvalue weighted by Gasteiger charge is -2.17. The molecule has 2 aromatic carbocycles. The van der Waals surface area contributed by atoms with Crippen LogP contribution in [0.2, 0.25) is 0 Å². The first kappa shape index (κ1) is 17.8. The van der Waals surface area contributed by atoms with Crippen molar-refractivity contribution in [3.8, 4) is 0 Å². The largest absolute Gasteiger partial charge is 0.388 e. The van der Waals surface area contributed by atoms with Gasteiger partial charge in [0.15, 0.2) is 5.78 Å². The Morgan fingerprint density at radius 1 is 1.00 bits per heavy atom. The van der Waals surface area contributed by atoms with E-state index < -0.39 is 6.61 Å². The summed E-state index contributed by atoms with van der Waals surface area (Å²) < 4.78 is 0. The van der Waals surface area contributed by atoms with Crippen molar-refractivity contribution in [3.63, 3.8) is 0 Å². The van der Waals surface area contributed by atoms with Crippen LogP contribution in [0, 0.1) is 0 Å². The van der Waals surface area contributed by atoms with Crippen LogP contribution >= 0.6 is 0 Å². The molecule has 0 radical (unpaired) electrons. The van der Waals surface area contributed by atoms with Crippen molar-refractivity contribution in [1.29, 1.82) is 0 Å². The molecule has 1 saturated heterocycles. The zero-order chi connectivity index (χ0) is 18.4. The molecule has 1 fully saturated rings. The molecule has 0 aromatic heterocycles. The van der Waals surface area contributed by atoms with Gasteiger partial charge < -0.3 is 10.0 Å². The van der Waals surface area contributed by atoms with E-state index in [2.05, 4.69) is 27.6 Å². The Balaban J connectivity index is 1.55. The van der Waals surface area contributed by atoms with Crippen molar-refractivity contribution in [3.05, 3.63) is 65.2 Å². The van der Waals surface area contributed by atoms with Gasteiger partial charge in [-0.15, -0.1) is 0 Å². The summed E-state index contributed by atoms with van der Waals surface area (Å²) in [6, 6.07) is 14.1. The van der Waals surface area contributed by atoms with Crippen LogP contribution in [0.4, 0.5) is 5.69 Å². The van der Waals surface area contributed by atoms with E-state index in [0.717, 1.165) is 18.7 Å². The number of ketones is 1. The fourth-order valence-corrected chi connectivity index (χ4v) is 2.88. The third kappa shape index (κ3) is 4.34. The Kier molecular flexibility index (Phi) is 5.76. The van der Waals surface area contributed by atoms with Gasteiger partial charge in [-0.05, 0) is 42.7 Å². The van der Waals surface area contributed by atoms with Gasteiger partial charge in [0.05, 0.1) is 6.21 Å². The van der Waals surface area contributed by atoms with Crippen LogP contribution < -0.4 is 10.3 Å². The Bertz CT molecular complexity index is 792. The second kappa shape index (κ2) is 8.40. The van der Waals surface area contributed by atoms with Crippen LogP contribution in [-0.2, 0) is 0 Å². The zero-order valence-electron chi connectivity index (χ0n) is 14.4. The quantitative estimate of drug-likeness (QED) is 0.475. The molecule has 1 aliphatic rings. The van der Waals surface area contributed by atoms with E-state index in [1.54, 1.807) is 6.21 Å². The maximum absolute atomic E-state index is 12.0. The number of carbonyl (C=O) groups is 2. The van der Waals surface area contributed by atoms with E-state index >= 15 is 0 Å². The second-order valence-corrected chi connectivity index (χ2v) is 6.14. The highest BCUT2D eigenvalue weighted by atomic mass is 16.3. The molecule has 1 heterocycles. The molecule has 1 amide bonds. The molecule has 1 aliphatic heterocycles. The summed E-state index contributed by atoms with van der Waals surface area (Å²) in [5.74, 6) is -0.745. The first-order valence-corrected chi connectivity index (χ1v) is 8.60. The second-order valence-electron chi connectivity index (χ2n) is 6.14. The molecule has 134 valence electrons. The lowest BCUT2D eigenvalue weighted by molar-refractivity contribution is 0.0901. The van der Waals surface area contributed by atoms with Crippen molar-refractivity contribution in [2.75, 3.05) is 24.6 Å². The maximum atomic E-state index is 12.0. The first-order chi connectivity index (χ1) is 12.7. The van der Waals surface area contributed by atoms with Crippen LogP contribution in [0.5, 0.6) is 0 Å². The summed E-state index contributed by atoms with van der Waals surface area (Å²) in [4.78, 5) is 25.8. The minimum atomic E-state index is -0.549. The van der Waals surface area contributed by atoms with Crippen LogP contribution in [0.3, 0.4) is 0 Å². The van der Waals surface area contributed by atoms with Gasteiger partial charge in [-0.3, -0.25) is 9.59 Å². The molecular formula is C20H21N3O3. The third-order valence-electron chi connectivity index (χ3n) is 4.36. The van der Waals surface area contributed by atoms with Crippen molar-refractivity contribution in [1.82, 2.24) is 5.43 Å². The standard InChI is InChI=1S/C20H21N3O3/c24-14-19(25)16-5-7-17(8-6-16)20(26)22-21-13-15-3-9-18(10-4-15)23-11-1-2-12-23/h3-10,13,24H,1-2,11-12,14H2,(H,22,26)/b21-13+. The van der Waals surface area contributed by atoms with Gasteiger partial charge in [0, 0.05) is 29.9 Å². The molecule has 0 saturated carbocycles. The van der Waals surface area contributed by atoms with E-state index in [1.165, 1.54) is 42.8 Å². The van der Waals surface area contributed by atoms with Crippen molar-refractivity contribution in [2.24, 2.45) is 5.10 Å². The number of nitrogens with one attached hydrogen (secondary N) is 1. The van der Waals surface area contributed by atoms with Gasteiger partial charge in [0.2, 0.25) is 0 Å². The van der Waals surface area contributed by atoms with Gasteiger partial charge in [-0.2, -0.15) is 5.10 Å². The molecule has 0 unspecified atom stereocenters. The summed E-state index contributed by atoms with van der Waals surface area (Å²) in [6.45, 7) is 1.66. The van der Waals surface area contributed by atoms with Crippen molar-refractivity contribution >= 4 is 23.6 Å². The van der Waals surface area contributed by atoms with Crippen LogP contribution in [0.1, 0.15) is 39.1 Å². The van der Waals surface area contributed by atoms with E-state index in [1.807, 2.05) is 12.1 Å². The Hall–Kier alpha value is -2.99. The van der Waals surface area contributed by atoms with E-state index in [4.69, 9.17) is 5.11 Å². The zero-order valence-corrected chi connectivity index (χ0v) is 14.4. The Morgan fingerprint density at radius 3 is 2.23 bits per heavy atom. The number of rotatable bonds is 6. The number of hydrazone groups is 1. The van der Waals surface area contributed by atoms with Gasteiger partial charge >= 0.3 is 0 Å². The van der Waals surface area contributed by atoms with Crippen LogP contribution in [0.15, 0.2) is 53.6 Å². The molecule has 0 bridgehead atoms. The molecular weight excluding hydrogens is 330 g/mol. The minimum Gasteiger partial charge on any atom is -0.388 e. The highest BCUT2D eigenvalue weighted by Crippen LogP contribution is 2.19. The fourth-order valence-electron chi connectivity index (χ4n) is 2.88. The monoisotopic (exact) mass is 351 g/mol. The normalized spacial score (nSPS) is 14.0. The van der Waals surface area contributed by atoms with E-state index in [9.17, 15) is 9.59 Å². The lowest BCUT2D eigenvalue weighted by atomic mass is 10.1. The van der Waals surface area contributed by atoms with Crippen LogP contribution in [0.25, 0.3) is 0 Å². The lowest BCUT2D eigenvalue weighted by Crippen LogP contribution is -2.18. The molecule has 26 heavy (non-hydrogen) atoms. The number of Topliss-reactive ketones (excluding diaryl/α,β-unsaturated/α-hetero) is 1. The number of aliphatic hydroxyl groups excluding tert-OH is 1. The average Bonchev–Trinajstić information content (AvgIpc) is 3.23. The van der Waals surface area contributed by atoms with Gasteiger partial charge in [-0.25, -0.2) is 5.43 Å². The van der Waals surface area contributed by atoms with E-state index in [0.29, 0.717) is 11.1 Å². The summed E-state index contributed by atoms with van der Waals surface area (Å²) in [5.41, 5.74) is 5.33. The molecule has 6 nitrogen and oxygen atoms in total. The van der Waals surface area contributed by atoms with E-state index in [-0.39, 0.29) is 11.7 Å². The van der Waals surface area contributed by atoms with Crippen LogP contribution in [-0.4, -0.2) is 42.7 Å². The van der Waals surface area contributed by atoms with Crippen molar-refractivity contribution in [2.45, 2.75) is 12.8 Å². The van der Waals surface area contributed by atoms with Gasteiger partial charge in [0.1, 0.15) is 6.61 Å². The first-order valence-electron chi connectivity index (χ1n) is 8.60. The number of anilines is 1.